The number of anilines is 1. The molecule has 116 valence electrons. The maximum Gasteiger partial charge on any atom is 0.338 e. The summed E-state index contributed by atoms with van der Waals surface area (Å²) in [5.41, 5.74) is 1.97. The first-order valence-corrected chi connectivity index (χ1v) is 7.72. The molecule has 0 bridgehead atoms. The van der Waals surface area contributed by atoms with E-state index in [1.165, 1.54) is 18.5 Å². The van der Waals surface area contributed by atoms with Gasteiger partial charge >= 0.3 is 5.97 Å². The van der Waals surface area contributed by atoms with Crippen molar-refractivity contribution in [2.75, 3.05) is 18.5 Å². The number of benzene rings is 2. The van der Waals surface area contributed by atoms with Gasteiger partial charge in [-0.2, -0.15) is 0 Å². The number of halogens is 1. The van der Waals surface area contributed by atoms with E-state index in [0.29, 0.717) is 27.4 Å². The number of esters is 1. The van der Waals surface area contributed by atoms with E-state index in [1.54, 1.807) is 42.5 Å². The third-order valence-electron chi connectivity index (χ3n) is 3.15. The molecule has 1 atom stereocenters. The molecule has 0 aliphatic heterocycles. The van der Waals surface area contributed by atoms with Crippen molar-refractivity contribution in [1.29, 1.82) is 0 Å². The van der Waals surface area contributed by atoms with Crippen LogP contribution in [0.3, 0.4) is 0 Å². The summed E-state index contributed by atoms with van der Waals surface area (Å²) in [4.78, 5) is 11.9. The second kappa shape index (κ2) is 6.91. The van der Waals surface area contributed by atoms with E-state index >= 15 is 0 Å². The molecule has 0 aromatic heterocycles. The van der Waals surface area contributed by atoms with Crippen LogP contribution >= 0.6 is 11.6 Å². The monoisotopic (exact) mass is 339 g/mol. The van der Waals surface area contributed by atoms with Crippen LogP contribution in [-0.4, -0.2) is 28.9 Å². The Balaban J connectivity index is 2.70. The van der Waals surface area contributed by atoms with Gasteiger partial charge in [-0.25, -0.2) is 9.00 Å². The number of carbonyl (C=O) groups is 1. The van der Waals surface area contributed by atoms with Gasteiger partial charge in [0.05, 0.1) is 18.4 Å². The number of rotatable bonds is 4. The van der Waals surface area contributed by atoms with Gasteiger partial charge in [0.25, 0.3) is 11.3 Å². The Kier molecular flexibility index (Phi) is 5.18. The fourth-order valence-corrected chi connectivity index (χ4v) is 2.59. The predicted molar refractivity (Wildman–Crippen MR) is 87.4 cm³/mol. The summed E-state index contributed by atoms with van der Waals surface area (Å²) in [7, 11) is 2.77. The van der Waals surface area contributed by atoms with Crippen LogP contribution in [0.4, 0.5) is 5.69 Å². The van der Waals surface area contributed by atoms with Crippen LogP contribution < -0.4 is 4.31 Å². The van der Waals surface area contributed by atoms with Crippen molar-refractivity contribution in [1.82, 2.24) is 0 Å². The Hall–Kier alpha value is -1.89. The highest BCUT2D eigenvalue weighted by Gasteiger charge is 2.19. The van der Waals surface area contributed by atoms with E-state index in [-0.39, 0.29) is 0 Å². The molecule has 0 saturated carbocycles. The topological polar surface area (TPSA) is 66.8 Å². The number of hydrogen-bond donors (Lipinski definition) is 1. The molecular formula is C15H14ClNO4S. The second-order valence-corrected chi connectivity index (χ2v) is 5.87. The molecule has 5 nitrogen and oxygen atoms in total. The lowest BCUT2D eigenvalue weighted by molar-refractivity contribution is 0.0601. The standard InChI is InChI=1S/C15H14ClNO4S/c1-17(22(19)20)14-8-7-10(16)9-13(14)11-5-3-4-6-12(11)15(18)21-2/h3-9H,1-2H3,(H,19,20). The maximum atomic E-state index is 11.9. The van der Waals surface area contributed by atoms with E-state index in [4.69, 9.17) is 16.3 Å². The highest BCUT2D eigenvalue weighted by Crippen LogP contribution is 2.35. The molecule has 7 heteroatoms. The molecule has 0 saturated heterocycles. The van der Waals surface area contributed by atoms with Crippen LogP contribution in [0.5, 0.6) is 0 Å². The number of nitrogens with zero attached hydrogens (tertiary/aromatic N) is 1. The molecule has 2 aromatic carbocycles. The zero-order valence-corrected chi connectivity index (χ0v) is 13.5. The minimum atomic E-state index is -2.20. The van der Waals surface area contributed by atoms with Crippen LogP contribution in [0.25, 0.3) is 11.1 Å². The van der Waals surface area contributed by atoms with Gasteiger partial charge in [-0.15, -0.1) is 0 Å². The lowest BCUT2D eigenvalue weighted by atomic mass is 9.98. The van der Waals surface area contributed by atoms with E-state index in [1.807, 2.05) is 0 Å². The summed E-state index contributed by atoms with van der Waals surface area (Å²) in [6.45, 7) is 0. The smallest absolute Gasteiger partial charge is 0.338 e. The Morgan fingerprint density at radius 1 is 1.23 bits per heavy atom. The minimum absolute atomic E-state index is 0.352. The molecule has 1 unspecified atom stereocenters. The molecule has 0 radical (unpaired) electrons. The zero-order valence-electron chi connectivity index (χ0n) is 11.9. The summed E-state index contributed by atoms with van der Waals surface area (Å²) in [5, 5.41) is 0.454. The van der Waals surface area contributed by atoms with Crippen LogP contribution in [0.2, 0.25) is 5.02 Å². The van der Waals surface area contributed by atoms with Gasteiger partial charge in [-0.05, 0) is 29.8 Å². The average molecular weight is 340 g/mol. The molecular weight excluding hydrogens is 326 g/mol. The second-order valence-electron chi connectivity index (χ2n) is 4.43. The zero-order chi connectivity index (χ0) is 16.3. The minimum Gasteiger partial charge on any atom is -0.465 e. The van der Waals surface area contributed by atoms with Crippen LogP contribution in [-0.2, 0) is 16.0 Å². The molecule has 1 N–H and O–H groups in total. The van der Waals surface area contributed by atoms with Gasteiger partial charge in [-0.3, -0.25) is 8.86 Å². The summed E-state index contributed by atoms with van der Waals surface area (Å²) < 4.78 is 26.6. The number of hydrogen-bond acceptors (Lipinski definition) is 3. The summed E-state index contributed by atoms with van der Waals surface area (Å²) in [5.74, 6) is -0.491. The maximum absolute atomic E-state index is 11.9. The van der Waals surface area contributed by atoms with Crippen molar-refractivity contribution in [3.05, 3.63) is 53.1 Å². The van der Waals surface area contributed by atoms with Crippen molar-refractivity contribution in [2.24, 2.45) is 0 Å². The van der Waals surface area contributed by atoms with Crippen molar-refractivity contribution in [3.63, 3.8) is 0 Å². The molecule has 0 fully saturated rings. The molecule has 0 aliphatic rings. The van der Waals surface area contributed by atoms with Crippen molar-refractivity contribution in [3.8, 4) is 11.1 Å². The highest BCUT2D eigenvalue weighted by molar-refractivity contribution is 7.80. The van der Waals surface area contributed by atoms with Crippen molar-refractivity contribution < 1.29 is 18.3 Å². The fraction of sp³-hybridized carbons (Fsp3) is 0.133. The number of carbonyl (C=O) groups excluding carboxylic acids is 1. The normalized spacial score (nSPS) is 11.8. The van der Waals surface area contributed by atoms with Gasteiger partial charge in [0, 0.05) is 17.6 Å². The first-order valence-electron chi connectivity index (χ1n) is 6.27. The lowest BCUT2D eigenvalue weighted by Gasteiger charge is -2.19. The average Bonchev–Trinajstić information content (AvgIpc) is 2.53. The van der Waals surface area contributed by atoms with Gasteiger partial charge in [0.1, 0.15) is 0 Å². The molecule has 0 heterocycles. The van der Waals surface area contributed by atoms with Crippen LogP contribution in [0.15, 0.2) is 42.5 Å². The Morgan fingerprint density at radius 2 is 1.91 bits per heavy atom. The van der Waals surface area contributed by atoms with Crippen LogP contribution in [0, 0.1) is 0 Å². The van der Waals surface area contributed by atoms with Crippen molar-refractivity contribution in [2.45, 2.75) is 0 Å². The van der Waals surface area contributed by atoms with Gasteiger partial charge < -0.3 is 4.74 Å². The quantitative estimate of drug-likeness (QED) is 0.685. The Morgan fingerprint density at radius 3 is 2.55 bits per heavy atom. The largest absolute Gasteiger partial charge is 0.465 e. The highest BCUT2D eigenvalue weighted by atomic mass is 35.5. The summed E-state index contributed by atoms with van der Waals surface area (Å²) in [6, 6.07) is 11.7. The molecule has 22 heavy (non-hydrogen) atoms. The van der Waals surface area contributed by atoms with Crippen LogP contribution in [0.1, 0.15) is 10.4 Å². The summed E-state index contributed by atoms with van der Waals surface area (Å²) >= 11 is 3.85. The molecule has 2 rings (SSSR count). The Bertz CT molecular complexity index is 735. The first-order chi connectivity index (χ1) is 10.5. The molecule has 2 aromatic rings. The summed E-state index contributed by atoms with van der Waals surface area (Å²) in [6.07, 6.45) is 0. The van der Waals surface area contributed by atoms with Gasteiger partial charge in [0.15, 0.2) is 0 Å². The van der Waals surface area contributed by atoms with E-state index in [9.17, 15) is 13.6 Å². The molecule has 0 amide bonds. The van der Waals surface area contributed by atoms with E-state index < -0.39 is 17.2 Å². The fourth-order valence-electron chi connectivity index (χ4n) is 2.09. The van der Waals surface area contributed by atoms with Gasteiger partial charge in [-0.1, -0.05) is 29.8 Å². The molecule has 0 spiro atoms. The van der Waals surface area contributed by atoms with Gasteiger partial charge in [0.2, 0.25) is 0 Å². The van der Waals surface area contributed by atoms with E-state index in [0.717, 1.165) is 0 Å². The third-order valence-corrected chi connectivity index (χ3v) is 4.06. The molecule has 0 aliphatic carbocycles. The van der Waals surface area contributed by atoms with E-state index in [2.05, 4.69) is 0 Å². The van der Waals surface area contributed by atoms with Crippen molar-refractivity contribution >= 4 is 34.5 Å². The Labute approximate surface area is 135 Å². The third kappa shape index (κ3) is 3.30. The number of ether oxygens (including phenoxy) is 1. The number of methoxy groups -OCH3 is 1. The lowest BCUT2D eigenvalue weighted by Crippen LogP contribution is -2.20. The SMILES string of the molecule is COC(=O)c1ccccc1-c1cc(Cl)ccc1N(C)S(=O)O. The first kappa shape index (κ1) is 16.5. The predicted octanol–water partition coefficient (Wildman–Crippen LogP) is 3.37.